The summed E-state index contributed by atoms with van der Waals surface area (Å²) in [5, 5.41) is 3.15. The molecule has 6 nitrogen and oxygen atoms in total. The van der Waals surface area contributed by atoms with Crippen LogP contribution in [0.4, 0.5) is 0 Å². The smallest absolute Gasteiger partial charge is 0.271 e. The van der Waals surface area contributed by atoms with E-state index in [1.54, 1.807) is 0 Å². The van der Waals surface area contributed by atoms with Crippen molar-refractivity contribution >= 4 is 11.6 Å². The number of likely N-dealkylation sites (tertiary alicyclic amines) is 1. The lowest BCUT2D eigenvalue weighted by molar-refractivity contribution is 0.0612. The second-order valence-electron chi connectivity index (χ2n) is 7.28. The number of amides is 1. The average Bonchev–Trinajstić information content (AvgIpc) is 3.25. The SMILES string of the molecule is Cc1ccc2nc(C(=O)NC3CCN(C[C@@H]4CCCO4)CC3)cn2c1. The number of imidazole rings is 1. The standard InChI is InChI=1S/C19H26N4O2/c1-14-4-5-18-21-17(13-23(18)11-14)19(24)20-15-6-8-22(9-7-15)12-16-3-2-10-25-16/h4-5,11,13,15-16H,2-3,6-10,12H2,1H3,(H,20,24)/t16-/m0/s1. The highest BCUT2D eigenvalue weighted by Gasteiger charge is 2.25. The summed E-state index contributed by atoms with van der Waals surface area (Å²) in [6, 6.07) is 4.18. The number of carbonyl (C=O) groups excluding carboxylic acids is 1. The molecule has 2 aromatic heterocycles. The van der Waals surface area contributed by atoms with Gasteiger partial charge in [-0.25, -0.2) is 4.98 Å². The number of nitrogens with zero attached hydrogens (tertiary/aromatic N) is 3. The molecule has 25 heavy (non-hydrogen) atoms. The molecule has 0 spiro atoms. The number of hydrogen-bond acceptors (Lipinski definition) is 4. The van der Waals surface area contributed by atoms with E-state index in [9.17, 15) is 4.79 Å². The fourth-order valence-corrected chi connectivity index (χ4v) is 3.81. The first kappa shape index (κ1) is 16.5. The van der Waals surface area contributed by atoms with Crippen molar-refractivity contribution in [2.75, 3.05) is 26.2 Å². The Kier molecular flexibility index (Phi) is 4.72. The Hall–Kier alpha value is -1.92. The molecule has 2 saturated heterocycles. The summed E-state index contributed by atoms with van der Waals surface area (Å²) in [6.07, 6.45) is 8.57. The van der Waals surface area contributed by atoms with Crippen LogP contribution in [0.5, 0.6) is 0 Å². The van der Waals surface area contributed by atoms with Gasteiger partial charge in [-0.2, -0.15) is 0 Å². The molecule has 0 aromatic carbocycles. The Labute approximate surface area is 148 Å². The predicted molar refractivity (Wildman–Crippen MR) is 95.8 cm³/mol. The van der Waals surface area contributed by atoms with Crippen LogP contribution in [-0.4, -0.2) is 58.6 Å². The van der Waals surface area contributed by atoms with Gasteiger partial charge in [0, 0.05) is 44.7 Å². The van der Waals surface area contributed by atoms with Crippen LogP contribution in [0.1, 0.15) is 41.7 Å². The molecule has 6 heteroatoms. The number of nitrogens with one attached hydrogen (secondary N) is 1. The van der Waals surface area contributed by atoms with Crippen molar-refractivity contribution in [2.24, 2.45) is 0 Å². The van der Waals surface area contributed by atoms with Gasteiger partial charge in [-0.15, -0.1) is 0 Å². The first-order valence-electron chi connectivity index (χ1n) is 9.27. The Morgan fingerprint density at radius 2 is 2.12 bits per heavy atom. The maximum absolute atomic E-state index is 12.5. The van der Waals surface area contributed by atoms with Crippen LogP contribution < -0.4 is 5.32 Å². The van der Waals surface area contributed by atoms with E-state index in [1.165, 1.54) is 12.8 Å². The zero-order valence-corrected chi connectivity index (χ0v) is 14.8. The highest BCUT2D eigenvalue weighted by Crippen LogP contribution is 2.17. The minimum absolute atomic E-state index is 0.0704. The van der Waals surface area contributed by atoms with Crippen LogP contribution in [0.25, 0.3) is 5.65 Å². The molecular formula is C19H26N4O2. The lowest BCUT2D eigenvalue weighted by Gasteiger charge is -2.33. The molecule has 2 aromatic rings. The van der Waals surface area contributed by atoms with E-state index in [0.29, 0.717) is 11.8 Å². The zero-order chi connectivity index (χ0) is 17.2. The Morgan fingerprint density at radius 3 is 2.88 bits per heavy atom. The lowest BCUT2D eigenvalue weighted by atomic mass is 10.0. The van der Waals surface area contributed by atoms with Gasteiger partial charge < -0.3 is 19.4 Å². The van der Waals surface area contributed by atoms with Crippen molar-refractivity contribution in [3.63, 3.8) is 0 Å². The van der Waals surface area contributed by atoms with Crippen LogP contribution in [0, 0.1) is 6.92 Å². The maximum atomic E-state index is 12.5. The van der Waals surface area contributed by atoms with Gasteiger partial charge in [0.1, 0.15) is 11.3 Å². The molecule has 1 amide bonds. The molecule has 0 aliphatic carbocycles. The van der Waals surface area contributed by atoms with Gasteiger partial charge in [-0.05, 0) is 44.2 Å². The van der Waals surface area contributed by atoms with Crippen molar-refractivity contribution in [1.29, 1.82) is 0 Å². The van der Waals surface area contributed by atoms with Gasteiger partial charge >= 0.3 is 0 Å². The summed E-state index contributed by atoms with van der Waals surface area (Å²) >= 11 is 0. The van der Waals surface area contributed by atoms with Crippen molar-refractivity contribution in [3.8, 4) is 0 Å². The number of aromatic nitrogens is 2. The van der Waals surface area contributed by atoms with Crippen molar-refractivity contribution < 1.29 is 9.53 Å². The Morgan fingerprint density at radius 1 is 1.28 bits per heavy atom. The van der Waals surface area contributed by atoms with Gasteiger partial charge in [-0.1, -0.05) is 6.07 Å². The summed E-state index contributed by atoms with van der Waals surface area (Å²) < 4.78 is 7.63. The van der Waals surface area contributed by atoms with E-state index >= 15 is 0 Å². The van der Waals surface area contributed by atoms with Gasteiger partial charge in [0.15, 0.2) is 0 Å². The molecule has 2 fully saturated rings. The zero-order valence-electron chi connectivity index (χ0n) is 14.8. The normalized spacial score (nSPS) is 22.5. The monoisotopic (exact) mass is 342 g/mol. The van der Waals surface area contributed by atoms with E-state index < -0.39 is 0 Å². The second kappa shape index (κ2) is 7.14. The highest BCUT2D eigenvalue weighted by molar-refractivity contribution is 5.93. The fraction of sp³-hybridized carbons (Fsp3) is 0.579. The van der Waals surface area contributed by atoms with Gasteiger partial charge in [0.25, 0.3) is 5.91 Å². The van der Waals surface area contributed by atoms with E-state index in [2.05, 4.69) is 15.2 Å². The van der Waals surface area contributed by atoms with Crippen LogP contribution in [0.2, 0.25) is 0 Å². The van der Waals surface area contributed by atoms with Crippen LogP contribution in [0.3, 0.4) is 0 Å². The minimum atomic E-state index is -0.0704. The van der Waals surface area contributed by atoms with E-state index in [1.807, 2.05) is 35.9 Å². The van der Waals surface area contributed by atoms with Crippen LogP contribution in [-0.2, 0) is 4.74 Å². The third kappa shape index (κ3) is 3.85. The number of hydrogen-bond donors (Lipinski definition) is 1. The first-order chi connectivity index (χ1) is 12.2. The van der Waals surface area contributed by atoms with Crippen LogP contribution >= 0.6 is 0 Å². The topological polar surface area (TPSA) is 58.9 Å². The van der Waals surface area contributed by atoms with E-state index in [-0.39, 0.29) is 11.9 Å². The average molecular weight is 342 g/mol. The summed E-state index contributed by atoms with van der Waals surface area (Å²) in [4.78, 5) is 19.4. The number of ether oxygens (including phenoxy) is 1. The summed E-state index contributed by atoms with van der Waals surface area (Å²) in [7, 11) is 0. The highest BCUT2D eigenvalue weighted by atomic mass is 16.5. The molecule has 0 unspecified atom stereocenters. The fourth-order valence-electron chi connectivity index (χ4n) is 3.81. The van der Waals surface area contributed by atoms with Gasteiger partial charge in [0.2, 0.25) is 0 Å². The number of carbonyl (C=O) groups is 1. The van der Waals surface area contributed by atoms with Crippen molar-refractivity contribution in [1.82, 2.24) is 19.6 Å². The summed E-state index contributed by atoms with van der Waals surface area (Å²) in [5.41, 5.74) is 2.45. The van der Waals surface area contributed by atoms with Crippen LogP contribution in [0.15, 0.2) is 24.5 Å². The van der Waals surface area contributed by atoms with E-state index in [4.69, 9.17) is 4.74 Å². The number of rotatable bonds is 4. The quantitative estimate of drug-likeness (QED) is 0.923. The van der Waals surface area contributed by atoms with Gasteiger partial charge in [0.05, 0.1) is 6.10 Å². The first-order valence-corrected chi connectivity index (χ1v) is 9.27. The largest absolute Gasteiger partial charge is 0.377 e. The predicted octanol–water partition coefficient (Wildman–Crippen LogP) is 2.02. The van der Waals surface area contributed by atoms with E-state index in [0.717, 1.165) is 50.3 Å². The minimum Gasteiger partial charge on any atom is -0.377 e. The molecule has 1 N–H and O–H groups in total. The van der Waals surface area contributed by atoms with Gasteiger partial charge in [-0.3, -0.25) is 4.79 Å². The molecular weight excluding hydrogens is 316 g/mol. The number of aryl methyl sites for hydroxylation is 1. The molecule has 4 heterocycles. The molecule has 1 atom stereocenters. The maximum Gasteiger partial charge on any atom is 0.271 e. The summed E-state index contributed by atoms with van der Waals surface area (Å²) in [5.74, 6) is -0.0704. The molecule has 4 rings (SSSR count). The Balaban J connectivity index is 1.30. The third-order valence-electron chi connectivity index (χ3n) is 5.24. The Bertz CT molecular complexity index is 743. The number of fused-ring (bicyclic) bond motifs is 1. The third-order valence-corrected chi connectivity index (χ3v) is 5.24. The molecule has 0 bridgehead atoms. The van der Waals surface area contributed by atoms with Crippen molar-refractivity contribution in [2.45, 2.75) is 44.8 Å². The lowest BCUT2D eigenvalue weighted by Crippen LogP contribution is -2.46. The molecule has 2 aliphatic heterocycles. The molecule has 0 radical (unpaired) electrons. The number of piperidine rings is 1. The number of pyridine rings is 1. The van der Waals surface area contributed by atoms with Crippen molar-refractivity contribution in [3.05, 3.63) is 35.8 Å². The molecule has 2 aliphatic rings. The summed E-state index contributed by atoms with van der Waals surface area (Å²) in [6.45, 7) is 6.02. The second-order valence-corrected chi connectivity index (χ2v) is 7.28. The molecule has 134 valence electrons. The molecule has 0 saturated carbocycles.